The van der Waals surface area contributed by atoms with Crippen LogP contribution in [0.1, 0.15) is 27.6 Å². The van der Waals surface area contributed by atoms with Gasteiger partial charge >= 0.3 is 5.97 Å². The molecule has 30 heavy (non-hydrogen) atoms. The maximum atomic E-state index is 13.3. The fourth-order valence-corrected chi connectivity index (χ4v) is 5.32. The number of thioether (sulfide) groups is 1. The molecule has 156 valence electrons. The van der Waals surface area contributed by atoms with Crippen LogP contribution >= 0.6 is 11.8 Å². The SMILES string of the molecule is C[C@@H](OC(=O)c1ccc2c(c1)SC1=NS(=O)(=O)CCN12)C(=O)c1ccc(F)c(F)c1. The second kappa shape index (κ2) is 7.47. The molecule has 2 aromatic carbocycles. The predicted molar refractivity (Wildman–Crippen MR) is 106 cm³/mol. The predicted octanol–water partition coefficient (Wildman–Crippen LogP) is 3.00. The highest BCUT2D eigenvalue weighted by molar-refractivity contribution is 8.15. The summed E-state index contributed by atoms with van der Waals surface area (Å²) in [7, 11) is -3.49. The zero-order chi connectivity index (χ0) is 21.6. The van der Waals surface area contributed by atoms with Gasteiger partial charge < -0.3 is 9.64 Å². The highest BCUT2D eigenvalue weighted by Crippen LogP contribution is 2.42. The largest absolute Gasteiger partial charge is 0.451 e. The van der Waals surface area contributed by atoms with Crippen LogP contribution < -0.4 is 4.90 Å². The molecular weight excluding hydrogens is 438 g/mol. The van der Waals surface area contributed by atoms with Crippen LogP contribution in [-0.2, 0) is 14.8 Å². The van der Waals surface area contributed by atoms with Gasteiger partial charge in [-0.15, -0.1) is 4.40 Å². The van der Waals surface area contributed by atoms with Gasteiger partial charge in [-0.2, -0.15) is 0 Å². The number of rotatable bonds is 4. The number of Topliss-reactive ketones (excluding diaryl/α,β-unsaturated/α-hetero) is 1. The van der Waals surface area contributed by atoms with Gasteiger partial charge in [0.25, 0.3) is 10.0 Å². The molecular formula is C19H14F2N2O5S2. The highest BCUT2D eigenvalue weighted by Gasteiger charge is 2.33. The maximum Gasteiger partial charge on any atom is 0.338 e. The van der Waals surface area contributed by atoms with Crippen molar-refractivity contribution < 1.29 is 31.5 Å². The van der Waals surface area contributed by atoms with Crippen molar-refractivity contribution in [3.8, 4) is 0 Å². The van der Waals surface area contributed by atoms with Gasteiger partial charge in [0.2, 0.25) is 5.78 Å². The number of hydrogen-bond acceptors (Lipinski definition) is 7. The summed E-state index contributed by atoms with van der Waals surface area (Å²) in [6.07, 6.45) is -1.22. The second-order valence-corrected chi connectivity index (χ2v) is 9.40. The number of amidine groups is 1. The lowest BCUT2D eigenvalue weighted by Gasteiger charge is -2.22. The third kappa shape index (κ3) is 3.82. The van der Waals surface area contributed by atoms with Crippen LogP contribution in [-0.4, -0.2) is 43.7 Å². The normalized spacial score (nSPS) is 17.6. The highest BCUT2D eigenvalue weighted by atomic mass is 32.2. The molecule has 0 unspecified atom stereocenters. The van der Waals surface area contributed by atoms with E-state index in [2.05, 4.69) is 4.40 Å². The summed E-state index contributed by atoms with van der Waals surface area (Å²) < 4.78 is 58.7. The van der Waals surface area contributed by atoms with E-state index in [4.69, 9.17) is 4.74 Å². The Bertz CT molecular complexity index is 1210. The molecule has 0 spiro atoms. The number of nitrogens with zero attached hydrogens (tertiary/aromatic N) is 2. The zero-order valence-corrected chi connectivity index (χ0v) is 17.1. The Labute approximate surface area is 174 Å². The van der Waals surface area contributed by atoms with Gasteiger partial charge in [0.05, 0.1) is 17.0 Å². The first-order chi connectivity index (χ1) is 14.1. The Hall–Kier alpha value is -2.79. The van der Waals surface area contributed by atoms with E-state index in [-0.39, 0.29) is 23.4 Å². The molecule has 0 fully saturated rings. The topological polar surface area (TPSA) is 93.1 Å². The van der Waals surface area contributed by atoms with Crippen LogP contribution in [0.4, 0.5) is 14.5 Å². The van der Waals surface area contributed by atoms with Gasteiger partial charge in [-0.05, 0) is 55.1 Å². The molecule has 2 aliphatic heterocycles. The number of esters is 1. The number of ketones is 1. The van der Waals surface area contributed by atoms with Crippen LogP contribution in [0.15, 0.2) is 45.7 Å². The Balaban J connectivity index is 1.50. The summed E-state index contributed by atoms with van der Waals surface area (Å²) in [5.74, 6) is -3.79. The fraction of sp³-hybridized carbons (Fsp3) is 0.211. The summed E-state index contributed by atoms with van der Waals surface area (Å²) in [6.45, 7) is 1.61. The first-order valence-corrected chi connectivity index (χ1v) is 11.2. The molecule has 0 aliphatic carbocycles. The molecule has 4 rings (SSSR count). The van der Waals surface area contributed by atoms with Crippen LogP contribution in [0, 0.1) is 11.6 Å². The van der Waals surface area contributed by atoms with Crippen molar-refractivity contribution in [2.24, 2.45) is 4.40 Å². The molecule has 1 atom stereocenters. The molecule has 2 aromatic rings. The summed E-state index contributed by atoms with van der Waals surface area (Å²) in [4.78, 5) is 27.2. The number of halogens is 2. The smallest absolute Gasteiger partial charge is 0.338 e. The van der Waals surface area contributed by atoms with Crippen molar-refractivity contribution in [3.63, 3.8) is 0 Å². The summed E-state index contributed by atoms with van der Waals surface area (Å²) in [5.41, 5.74) is 0.778. The van der Waals surface area contributed by atoms with E-state index < -0.39 is 39.5 Å². The first kappa shape index (κ1) is 20.5. The Morgan fingerprint density at radius 2 is 1.87 bits per heavy atom. The van der Waals surface area contributed by atoms with Gasteiger partial charge in [-0.25, -0.2) is 22.0 Å². The number of carbonyl (C=O) groups is 2. The average molecular weight is 452 g/mol. The number of anilines is 1. The number of ether oxygens (including phenoxy) is 1. The minimum atomic E-state index is -3.49. The average Bonchev–Trinajstić information content (AvgIpc) is 3.04. The van der Waals surface area contributed by atoms with E-state index in [1.165, 1.54) is 19.1 Å². The van der Waals surface area contributed by atoms with Crippen LogP contribution in [0.5, 0.6) is 0 Å². The van der Waals surface area contributed by atoms with Gasteiger partial charge in [0.1, 0.15) is 0 Å². The third-order valence-electron chi connectivity index (χ3n) is 4.57. The zero-order valence-electron chi connectivity index (χ0n) is 15.5. The Morgan fingerprint density at radius 1 is 1.13 bits per heavy atom. The summed E-state index contributed by atoms with van der Waals surface area (Å²) in [5, 5.41) is 0.323. The Morgan fingerprint density at radius 3 is 2.60 bits per heavy atom. The summed E-state index contributed by atoms with van der Waals surface area (Å²) in [6, 6.07) is 7.38. The van der Waals surface area contributed by atoms with Gasteiger partial charge in [0, 0.05) is 17.0 Å². The molecule has 0 N–H and O–H groups in total. The molecule has 0 bridgehead atoms. The van der Waals surface area contributed by atoms with Crippen molar-refractivity contribution in [1.29, 1.82) is 0 Å². The van der Waals surface area contributed by atoms with E-state index in [1.54, 1.807) is 11.0 Å². The monoisotopic (exact) mass is 452 g/mol. The van der Waals surface area contributed by atoms with E-state index in [0.717, 1.165) is 35.6 Å². The van der Waals surface area contributed by atoms with Gasteiger partial charge in [0.15, 0.2) is 22.9 Å². The molecule has 2 aliphatic rings. The quantitative estimate of drug-likeness (QED) is 0.520. The van der Waals surface area contributed by atoms with E-state index >= 15 is 0 Å². The van der Waals surface area contributed by atoms with Crippen LogP contribution in [0.25, 0.3) is 0 Å². The fourth-order valence-electron chi connectivity index (χ4n) is 3.02. The van der Waals surface area contributed by atoms with Crippen molar-refractivity contribution in [1.82, 2.24) is 0 Å². The van der Waals surface area contributed by atoms with Crippen LogP contribution in [0.2, 0.25) is 0 Å². The van der Waals surface area contributed by atoms with Crippen molar-refractivity contribution in [2.75, 3.05) is 17.2 Å². The lowest BCUT2D eigenvalue weighted by atomic mass is 10.1. The van der Waals surface area contributed by atoms with Crippen LogP contribution in [0.3, 0.4) is 0 Å². The molecule has 2 heterocycles. The molecule has 7 nitrogen and oxygen atoms in total. The molecule has 0 aromatic heterocycles. The standard InChI is InChI=1S/C19H14F2N2O5S2/c1-10(17(24)11-2-4-13(20)14(21)8-11)28-18(25)12-3-5-15-16(9-12)29-19-22-30(26,27)7-6-23(15)19/h2-5,8-10H,6-7H2,1H3/t10-/m1/s1. The Kier molecular flexibility index (Phi) is 5.10. The molecule has 0 radical (unpaired) electrons. The minimum Gasteiger partial charge on any atom is -0.451 e. The number of hydrogen-bond donors (Lipinski definition) is 0. The minimum absolute atomic E-state index is 0.0934. The molecule has 0 amide bonds. The molecule has 0 saturated carbocycles. The number of benzene rings is 2. The molecule has 11 heteroatoms. The van der Waals surface area contributed by atoms with Crippen molar-refractivity contribution >= 4 is 44.4 Å². The lowest BCUT2D eigenvalue weighted by Crippen LogP contribution is -2.35. The number of carbonyl (C=O) groups excluding carboxylic acids is 2. The maximum absolute atomic E-state index is 13.3. The van der Waals surface area contributed by atoms with E-state index in [9.17, 15) is 26.8 Å². The number of sulfonamides is 1. The van der Waals surface area contributed by atoms with Gasteiger partial charge in [-0.3, -0.25) is 4.79 Å². The molecule has 0 saturated heterocycles. The van der Waals surface area contributed by atoms with E-state index in [0.29, 0.717) is 10.1 Å². The van der Waals surface area contributed by atoms with Gasteiger partial charge in [-0.1, -0.05) is 0 Å². The van der Waals surface area contributed by atoms with Crippen molar-refractivity contribution in [2.45, 2.75) is 17.9 Å². The number of fused-ring (bicyclic) bond motifs is 3. The first-order valence-electron chi connectivity index (χ1n) is 8.77. The van der Waals surface area contributed by atoms with Crippen molar-refractivity contribution in [3.05, 3.63) is 59.2 Å². The summed E-state index contributed by atoms with van der Waals surface area (Å²) >= 11 is 1.12. The second-order valence-electron chi connectivity index (χ2n) is 6.64. The van der Waals surface area contributed by atoms with E-state index in [1.807, 2.05) is 0 Å². The third-order valence-corrected chi connectivity index (χ3v) is 6.87. The lowest BCUT2D eigenvalue weighted by molar-refractivity contribution is 0.0318.